The van der Waals surface area contributed by atoms with Crippen molar-refractivity contribution in [1.29, 1.82) is 5.26 Å². The summed E-state index contributed by atoms with van der Waals surface area (Å²) in [5, 5.41) is 16.8. The van der Waals surface area contributed by atoms with Crippen LogP contribution in [0.3, 0.4) is 0 Å². The molecule has 0 aliphatic carbocycles. The Morgan fingerprint density at radius 3 is 2.81 bits per heavy atom. The number of halogens is 3. The summed E-state index contributed by atoms with van der Waals surface area (Å²) in [6.45, 7) is 3.36. The van der Waals surface area contributed by atoms with Crippen LogP contribution in [-0.2, 0) is 18.1 Å². The van der Waals surface area contributed by atoms with E-state index in [4.69, 9.17) is 5.73 Å². The van der Waals surface area contributed by atoms with Gasteiger partial charge in [-0.15, -0.1) is 0 Å². The van der Waals surface area contributed by atoms with E-state index in [1.54, 1.807) is 40.9 Å². The zero-order valence-corrected chi connectivity index (χ0v) is 19.4. The average molecular weight is 496 g/mol. The Morgan fingerprint density at radius 2 is 2.06 bits per heavy atom. The predicted octanol–water partition coefficient (Wildman–Crippen LogP) is 3.63. The van der Waals surface area contributed by atoms with Crippen LogP contribution in [-0.4, -0.2) is 43.8 Å². The summed E-state index contributed by atoms with van der Waals surface area (Å²) in [7, 11) is 0. The van der Waals surface area contributed by atoms with Crippen molar-refractivity contribution in [2.24, 2.45) is 0 Å². The van der Waals surface area contributed by atoms with Crippen LogP contribution in [0.2, 0.25) is 0 Å². The molecule has 1 spiro atoms. The number of nitriles is 1. The molecule has 5 heterocycles. The van der Waals surface area contributed by atoms with Crippen LogP contribution >= 0.6 is 0 Å². The van der Waals surface area contributed by atoms with Gasteiger partial charge in [-0.3, -0.25) is 9.67 Å². The minimum Gasteiger partial charge on any atom is -0.383 e. The van der Waals surface area contributed by atoms with Gasteiger partial charge in [-0.1, -0.05) is 0 Å². The first-order valence-electron chi connectivity index (χ1n) is 11.4. The van der Waals surface area contributed by atoms with E-state index in [1.807, 2.05) is 0 Å². The van der Waals surface area contributed by atoms with Gasteiger partial charge in [0.15, 0.2) is 0 Å². The van der Waals surface area contributed by atoms with Crippen molar-refractivity contribution in [3.8, 4) is 17.3 Å². The van der Waals surface area contributed by atoms with Crippen LogP contribution in [0.4, 0.5) is 23.8 Å². The average Bonchev–Trinajstić information content (AvgIpc) is 3.55. The zero-order valence-electron chi connectivity index (χ0n) is 19.4. The summed E-state index contributed by atoms with van der Waals surface area (Å²) in [5.41, 5.74) is 6.53. The number of carbonyl (C=O) groups excluding carboxylic acids is 1. The highest BCUT2D eigenvalue weighted by atomic mass is 19.4. The third kappa shape index (κ3) is 4.00. The van der Waals surface area contributed by atoms with E-state index < -0.39 is 23.6 Å². The summed E-state index contributed by atoms with van der Waals surface area (Å²) >= 11 is 0. The summed E-state index contributed by atoms with van der Waals surface area (Å²) in [5.74, 6) is -0.575. The Labute approximate surface area is 204 Å². The predicted molar refractivity (Wildman–Crippen MR) is 123 cm³/mol. The van der Waals surface area contributed by atoms with Crippen molar-refractivity contribution >= 4 is 11.8 Å². The van der Waals surface area contributed by atoms with E-state index in [2.05, 4.69) is 26.5 Å². The largest absolute Gasteiger partial charge is 0.419 e. The topological polar surface area (TPSA) is 126 Å². The SMILES string of the molecule is C[C@@H](NC(=O)N1CCC2(CCn3nc(-c4cnc(N)c(C(F)(F)F)c4)cc32)C1)c1ncccc1C#N. The molecule has 2 aliphatic rings. The maximum Gasteiger partial charge on any atom is 0.419 e. The van der Waals surface area contributed by atoms with Gasteiger partial charge in [0, 0.05) is 48.7 Å². The van der Waals surface area contributed by atoms with E-state index in [-0.39, 0.29) is 17.0 Å². The van der Waals surface area contributed by atoms with Crippen molar-refractivity contribution in [2.75, 3.05) is 18.8 Å². The molecule has 3 aromatic heterocycles. The number of pyridine rings is 2. The first-order valence-corrected chi connectivity index (χ1v) is 11.4. The molecule has 36 heavy (non-hydrogen) atoms. The normalized spacial score (nSPS) is 19.8. The fraction of sp³-hybridized carbons (Fsp3) is 0.375. The number of aryl methyl sites for hydroxylation is 1. The van der Waals surface area contributed by atoms with Gasteiger partial charge in [0.2, 0.25) is 0 Å². The van der Waals surface area contributed by atoms with Crippen LogP contribution in [0.25, 0.3) is 11.3 Å². The van der Waals surface area contributed by atoms with Crippen molar-refractivity contribution in [2.45, 2.75) is 43.9 Å². The molecule has 0 saturated carbocycles. The molecular formula is C24H23F3N8O. The van der Waals surface area contributed by atoms with Crippen molar-refractivity contribution < 1.29 is 18.0 Å². The van der Waals surface area contributed by atoms with Crippen LogP contribution in [0, 0.1) is 11.3 Å². The minimum atomic E-state index is -4.61. The minimum absolute atomic E-state index is 0.235. The van der Waals surface area contributed by atoms with Crippen molar-refractivity contribution in [1.82, 2.24) is 30.0 Å². The third-order valence-corrected chi connectivity index (χ3v) is 7.00. The van der Waals surface area contributed by atoms with Crippen LogP contribution in [0.15, 0.2) is 36.7 Å². The van der Waals surface area contributed by atoms with E-state index in [1.165, 1.54) is 6.20 Å². The molecule has 0 aromatic carbocycles. The lowest BCUT2D eigenvalue weighted by Crippen LogP contribution is -2.41. The highest BCUT2D eigenvalue weighted by Gasteiger charge is 2.47. The number of nitrogen functional groups attached to an aromatic ring is 1. The molecule has 5 rings (SSSR count). The van der Waals surface area contributed by atoms with E-state index in [0.717, 1.165) is 18.2 Å². The lowest BCUT2D eigenvalue weighted by molar-refractivity contribution is -0.137. The Hall–Kier alpha value is -4.14. The standard InChI is InChI=1S/C24H23F3N8O/c1-14(20-15(11-28)3-2-6-30-20)32-22(36)34-7-4-23(13-34)5-8-35-19(23)10-18(33-35)16-9-17(24(25,26)27)21(29)31-12-16/h2-3,6,9-10,12,14H,4-5,7-8,13H2,1H3,(H2,29,31)(H,32,36)/t14-,23?/m1/s1. The molecule has 2 atom stereocenters. The number of fused-ring (bicyclic) bond motifs is 2. The first-order chi connectivity index (χ1) is 17.1. The number of hydrogen-bond donors (Lipinski definition) is 2. The molecular weight excluding hydrogens is 473 g/mol. The first kappa shape index (κ1) is 23.6. The van der Waals surface area contributed by atoms with Gasteiger partial charge >= 0.3 is 12.2 Å². The fourth-order valence-electron chi connectivity index (χ4n) is 5.11. The number of aromatic nitrogens is 4. The third-order valence-electron chi connectivity index (χ3n) is 7.00. The zero-order chi connectivity index (χ0) is 25.7. The molecule has 1 fully saturated rings. The van der Waals surface area contributed by atoms with E-state index in [9.17, 15) is 23.2 Å². The maximum absolute atomic E-state index is 13.3. The number of likely N-dealkylation sites (tertiary alicyclic amines) is 1. The molecule has 3 aromatic rings. The number of nitrogens with zero attached hydrogens (tertiary/aromatic N) is 6. The molecule has 0 bridgehead atoms. The summed E-state index contributed by atoms with van der Waals surface area (Å²) in [6.07, 6.45) is -0.258. The second-order valence-electron chi connectivity index (χ2n) is 9.21. The van der Waals surface area contributed by atoms with Gasteiger partial charge in [-0.25, -0.2) is 9.78 Å². The smallest absolute Gasteiger partial charge is 0.383 e. The fourth-order valence-corrected chi connectivity index (χ4v) is 5.11. The number of carbonyl (C=O) groups is 1. The van der Waals surface area contributed by atoms with Gasteiger partial charge in [0.05, 0.1) is 28.6 Å². The molecule has 2 aliphatic heterocycles. The lowest BCUT2D eigenvalue weighted by atomic mass is 9.82. The van der Waals surface area contributed by atoms with Crippen LogP contribution in [0.1, 0.15) is 48.3 Å². The van der Waals surface area contributed by atoms with Gasteiger partial charge in [-0.05, 0) is 44.0 Å². The number of hydrogen-bond acceptors (Lipinski definition) is 6. The maximum atomic E-state index is 13.3. The molecule has 2 amide bonds. The van der Waals surface area contributed by atoms with Crippen molar-refractivity contribution in [3.63, 3.8) is 0 Å². The van der Waals surface area contributed by atoms with Crippen LogP contribution in [0.5, 0.6) is 0 Å². The number of anilines is 1. The molecule has 1 unspecified atom stereocenters. The second-order valence-corrected chi connectivity index (χ2v) is 9.21. The van der Waals surface area contributed by atoms with E-state index in [0.29, 0.717) is 43.0 Å². The Balaban J connectivity index is 1.34. The van der Waals surface area contributed by atoms with Gasteiger partial charge in [0.1, 0.15) is 11.9 Å². The molecule has 1 saturated heterocycles. The Morgan fingerprint density at radius 1 is 1.28 bits per heavy atom. The number of urea groups is 1. The van der Waals surface area contributed by atoms with Crippen molar-refractivity contribution in [3.05, 3.63) is 59.2 Å². The van der Waals surface area contributed by atoms with E-state index >= 15 is 0 Å². The molecule has 12 heteroatoms. The molecule has 0 radical (unpaired) electrons. The highest BCUT2D eigenvalue weighted by molar-refractivity contribution is 5.75. The monoisotopic (exact) mass is 496 g/mol. The van der Waals surface area contributed by atoms with Crippen LogP contribution < -0.4 is 11.1 Å². The number of alkyl halides is 3. The highest BCUT2D eigenvalue weighted by Crippen LogP contribution is 2.44. The molecule has 9 nitrogen and oxygen atoms in total. The summed E-state index contributed by atoms with van der Waals surface area (Å²) in [6, 6.07) is 7.46. The second kappa shape index (κ2) is 8.51. The Kier molecular flexibility index (Phi) is 5.58. The Bertz CT molecular complexity index is 1380. The number of nitrogens with two attached hydrogens (primary N) is 1. The van der Waals surface area contributed by atoms with Gasteiger partial charge in [-0.2, -0.15) is 23.5 Å². The van der Waals surface area contributed by atoms with Gasteiger partial charge < -0.3 is 16.0 Å². The number of rotatable bonds is 3. The lowest BCUT2D eigenvalue weighted by Gasteiger charge is -2.25. The van der Waals surface area contributed by atoms with Gasteiger partial charge in [0.25, 0.3) is 0 Å². The molecule has 186 valence electrons. The number of nitrogens with one attached hydrogen (secondary N) is 1. The summed E-state index contributed by atoms with van der Waals surface area (Å²) < 4.78 is 41.7. The summed E-state index contributed by atoms with van der Waals surface area (Å²) in [4.78, 5) is 22.7. The quantitative estimate of drug-likeness (QED) is 0.570. The molecule has 3 N–H and O–H groups in total. The number of amides is 2.